The number of aliphatic hydroxyl groups excluding tert-OH is 1. The van der Waals surface area contributed by atoms with Gasteiger partial charge in [0.2, 0.25) is 10.0 Å². The van der Waals surface area contributed by atoms with Gasteiger partial charge in [-0.25, -0.2) is 13.1 Å². The Labute approximate surface area is 121 Å². The molecule has 1 aromatic heterocycles. The predicted molar refractivity (Wildman–Crippen MR) is 77.8 cm³/mol. The molecule has 0 aromatic carbocycles. The third-order valence-electron chi connectivity index (χ3n) is 4.58. The molecular formula is C14H24N2O3S. The second kappa shape index (κ2) is 5.87. The van der Waals surface area contributed by atoms with E-state index in [0.29, 0.717) is 18.8 Å². The van der Waals surface area contributed by atoms with E-state index in [2.05, 4.69) is 11.6 Å². The van der Waals surface area contributed by atoms with Crippen molar-refractivity contribution in [3.05, 3.63) is 18.0 Å². The fourth-order valence-electron chi connectivity index (χ4n) is 2.76. The Morgan fingerprint density at radius 2 is 2.10 bits per heavy atom. The minimum Gasteiger partial charge on any atom is -0.390 e. The van der Waals surface area contributed by atoms with E-state index < -0.39 is 10.0 Å². The Morgan fingerprint density at radius 3 is 2.50 bits per heavy atom. The van der Waals surface area contributed by atoms with Crippen LogP contribution in [0.3, 0.4) is 0 Å². The van der Waals surface area contributed by atoms with Gasteiger partial charge in [0.1, 0.15) is 0 Å². The molecule has 0 saturated heterocycles. The number of rotatable bonds is 7. The van der Waals surface area contributed by atoms with E-state index in [1.807, 2.05) is 6.92 Å². The molecule has 0 spiro atoms. The lowest BCUT2D eigenvalue weighted by atomic mass is 9.67. The number of nitrogens with one attached hydrogen (secondary N) is 1. The summed E-state index contributed by atoms with van der Waals surface area (Å²) < 4.78 is 29.1. The molecule has 1 aliphatic carbocycles. The number of hydrogen-bond donors (Lipinski definition) is 2. The fraction of sp³-hybridized carbons (Fsp3) is 0.714. The number of aliphatic hydroxyl groups is 1. The SMILES string of the molecule is CCn1cc(S(=O)(=O)NCC2(CC)CCC2)cc1CO. The normalized spacial score (nSPS) is 17.9. The van der Waals surface area contributed by atoms with Gasteiger partial charge in [0.25, 0.3) is 0 Å². The zero-order chi connectivity index (χ0) is 14.8. The molecule has 1 saturated carbocycles. The van der Waals surface area contributed by atoms with Crippen molar-refractivity contribution in [2.24, 2.45) is 5.41 Å². The maximum absolute atomic E-state index is 12.3. The van der Waals surface area contributed by atoms with E-state index in [0.717, 1.165) is 19.3 Å². The lowest BCUT2D eigenvalue weighted by Crippen LogP contribution is -2.41. The highest BCUT2D eigenvalue weighted by Gasteiger charge is 2.36. The quantitative estimate of drug-likeness (QED) is 0.807. The van der Waals surface area contributed by atoms with Gasteiger partial charge in [0.05, 0.1) is 11.5 Å². The van der Waals surface area contributed by atoms with Crippen molar-refractivity contribution in [1.29, 1.82) is 0 Å². The van der Waals surface area contributed by atoms with Crippen molar-refractivity contribution in [3.63, 3.8) is 0 Å². The highest BCUT2D eigenvalue weighted by molar-refractivity contribution is 7.89. The Balaban J connectivity index is 2.12. The van der Waals surface area contributed by atoms with Gasteiger partial charge in [-0.1, -0.05) is 13.3 Å². The molecule has 114 valence electrons. The third-order valence-corrected chi connectivity index (χ3v) is 5.94. The van der Waals surface area contributed by atoms with Crippen LogP contribution in [0.2, 0.25) is 0 Å². The van der Waals surface area contributed by atoms with Crippen LogP contribution >= 0.6 is 0 Å². The van der Waals surface area contributed by atoms with Crippen LogP contribution < -0.4 is 4.72 Å². The molecule has 5 nitrogen and oxygen atoms in total. The maximum Gasteiger partial charge on any atom is 0.242 e. The first-order chi connectivity index (χ1) is 9.46. The number of nitrogens with zero attached hydrogens (tertiary/aromatic N) is 1. The van der Waals surface area contributed by atoms with Crippen LogP contribution in [-0.4, -0.2) is 24.6 Å². The van der Waals surface area contributed by atoms with Gasteiger partial charge in [-0.2, -0.15) is 0 Å². The summed E-state index contributed by atoms with van der Waals surface area (Å²) in [5.41, 5.74) is 0.780. The largest absolute Gasteiger partial charge is 0.390 e. The molecular weight excluding hydrogens is 276 g/mol. The van der Waals surface area contributed by atoms with Crippen LogP contribution in [0, 0.1) is 5.41 Å². The predicted octanol–water partition coefficient (Wildman–Crippen LogP) is 1.86. The molecule has 1 aromatic rings. The first-order valence-corrected chi connectivity index (χ1v) is 8.74. The van der Waals surface area contributed by atoms with Crippen molar-refractivity contribution in [2.45, 2.75) is 57.6 Å². The molecule has 0 aliphatic heterocycles. The zero-order valence-corrected chi connectivity index (χ0v) is 13.0. The van der Waals surface area contributed by atoms with Gasteiger partial charge in [0.15, 0.2) is 0 Å². The van der Waals surface area contributed by atoms with E-state index in [9.17, 15) is 13.5 Å². The highest BCUT2D eigenvalue weighted by atomic mass is 32.2. The summed E-state index contributed by atoms with van der Waals surface area (Å²) in [6, 6.07) is 1.55. The van der Waals surface area contributed by atoms with E-state index in [-0.39, 0.29) is 16.9 Å². The summed E-state index contributed by atoms with van der Waals surface area (Å²) >= 11 is 0. The van der Waals surface area contributed by atoms with Gasteiger partial charge in [-0.3, -0.25) is 0 Å². The minimum atomic E-state index is -3.48. The number of hydrogen-bond acceptors (Lipinski definition) is 3. The molecule has 6 heteroatoms. The minimum absolute atomic E-state index is 0.151. The Hall–Kier alpha value is -0.850. The Morgan fingerprint density at radius 1 is 1.40 bits per heavy atom. The van der Waals surface area contributed by atoms with Crippen LogP contribution in [0.15, 0.2) is 17.2 Å². The molecule has 1 heterocycles. The summed E-state index contributed by atoms with van der Waals surface area (Å²) in [6.45, 7) is 5.04. The van der Waals surface area contributed by atoms with Gasteiger partial charge in [-0.05, 0) is 37.7 Å². The number of sulfonamides is 1. The monoisotopic (exact) mass is 300 g/mol. The molecule has 1 aliphatic rings. The summed E-state index contributed by atoms with van der Waals surface area (Å²) in [5.74, 6) is 0. The third kappa shape index (κ3) is 2.92. The van der Waals surface area contributed by atoms with E-state index in [4.69, 9.17) is 0 Å². The van der Waals surface area contributed by atoms with Crippen molar-refractivity contribution in [1.82, 2.24) is 9.29 Å². The van der Waals surface area contributed by atoms with Gasteiger partial charge < -0.3 is 9.67 Å². The van der Waals surface area contributed by atoms with Crippen LogP contribution in [0.5, 0.6) is 0 Å². The molecule has 0 bridgehead atoms. The summed E-state index contributed by atoms with van der Waals surface area (Å²) in [4.78, 5) is 0.244. The first-order valence-electron chi connectivity index (χ1n) is 7.26. The zero-order valence-electron chi connectivity index (χ0n) is 12.2. The lowest BCUT2D eigenvalue weighted by molar-refractivity contribution is 0.133. The average Bonchev–Trinajstić information content (AvgIpc) is 2.82. The topological polar surface area (TPSA) is 71.3 Å². The molecule has 0 amide bonds. The standard InChI is InChI=1S/C14H24N2O3S/c1-3-14(6-5-7-14)11-15-20(18,19)13-8-12(10-17)16(4-2)9-13/h8-9,15,17H,3-7,10-11H2,1-2H3. The fourth-order valence-corrected chi connectivity index (χ4v) is 3.98. The van der Waals surface area contributed by atoms with Gasteiger partial charge in [0, 0.05) is 25.0 Å². The lowest BCUT2D eigenvalue weighted by Gasteiger charge is -2.41. The molecule has 0 atom stereocenters. The van der Waals surface area contributed by atoms with E-state index in [1.54, 1.807) is 16.8 Å². The second-order valence-corrected chi connectivity index (χ2v) is 7.41. The van der Waals surface area contributed by atoms with E-state index >= 15 is 0 Å². The summed E-state index contributed by atoms with van der Waals surface area (Å²) in [7, 11) is -3.48. The number of aryl methyl sites for hydroxylation is 1. The second-order valence-electron chi connectivity index (χ2n) is 5.64. The summed E-state index contributed by atoms with van der Waals surface area (Å²) in [6.07, 6.45) is 5.99. The number of aromatic nitrogens is 1. The molecule has 2 N–H and O–H groups in total. The smallest absolute Gasteiger partial charge is 0.242 e. The molecule has 0 unspecified atom stereocenters. The van der Waals surface area contributed by atoms with Crippen molar-refractivity contribution in [2.75, 3.05) is 6.54 Å². The van der Waals surface area contributed by atoms with Gasteiger partial charge in [-0.15, -0.1) is 0 Å². The maximum atomic E-state index is 12.3. The van der Waals surface area contributed by atoms with Crippen LogP contribution in [0.4, 0.5) is 0 Å². The van der Waals surface area contributed by atoms with E-state index in [1.165, 1.54) is 6.42 Å². The van der Waals surface area contributed by atoms with Crippen LogP contribution in [-0.2, 0) is 23.2 Å². The Bertz CT molecular complexity index is 532. The summed E-state index contributed by atoms with van der Waals surface area (Å²) in [5, 5.41) is 9.24. The average molecular weight is 300 g/mol. The first kappa shape index (κ1) is 15.5. The van der Waals surface area contributed by atoms with Crippen LogP contribution in [0.25, 0.3) is 0 Å². The molecule has 2 rings (SSSR count). The molecule has 20 heavy (non-hydrogen) atoms. The van der Waals surface area contributed by atoms with Crippen molar-refractivity contribution < 1.29 is 13.5 Å². The molecule has 0 radical (unpaired) electrons. The van der Waals surface area contributed by atoms with Gasteiger partial charge >= 0.3 is 0 Å². The van der Waals surface area contributed by atoms with Crippen molar-refractivity contribution >= 4 is 10.0 Å². The Kier molecular flexibility index (Phi) is 4.56. The highest BCUT2D eigenvalue weighted by Crippen LogP contribution is 2.43. The van der Waals surface area contributed by atoms with Crippen LogP contribution in [0.1, 0.15) is 45.2 Å². The van der Waals surface area contributed by atoms with Crippen molar-refractivity contribution in [3.8, 4) is 0 Å². The molecule has 1 fully saturated rings.